The smallest absolute Gasteiger partial charge is 0.331 e. The first-order valence-electron chi connectivity index (χ1n) is 8.11. The average molecular weight is 371 g/mol. The lowest BCUT2D eigenvalue weighted by molar-refractivity contribution is -0.143. The molecule has 2 aromatic carbocycles. The zero-order valence-corrected chi connectivity index (χ0v) is 15.3. The highest BCUT2D eigenvalue weighted by molar-refractivity contribution is 7.99. The van der Waals surface area contributed by atoms with Gasteiger partial charge in [0.2, 0.25) is 0 Å². The molecule has 1 amide bonds. The van der Waals surface area contributed by atoms with Crippen LogP contribution in [0.1, 0.15) is 5.56 Å². The molecule has 0 bridgehead atoms. The van der Waals surface area contributed by atoms with Crippen molar-refractivity contribution in [3.63, 3.8) is 0 Å². The molecule has 0 saturated carbocycles. The Morgan fingerprint density at radius 1 is 1.08 bits per heavy atom. The summed E-state index contributed by atoms with van der Waals surface area (Å²) < 4.78 is 9.98. The lowest BCUT2D eigenvalue weighted by Crippen LogP contribution is -2.30. The number of benzene rings is 2. The third-order valence-electron chi connectivity index (χ3n) is 3.31. The van der Waals surface area contributed by atoms with Gasteiger partial charge in [-0.1, -0.05) is 30.3 Å². The molecule has 1 N–H and O–H groups in total. The van der Waals surface area contributed by atoms with E-state index in [9.17, 15) is 9.59 Å². The van der Waals surface area contributed by atoms with E-state index in [2.05, 4.69) is 5.32 Å². The monoisotopic (exact) mass is 371 g/mol. The summed E-state index contributed by atoms with van der Waals surface area (Å²) in [6.07, 6.45) is 2.91. The van der Waals surface area contributed by atoms with Gasteiger partial charge in [-0.25, -0.2) is 4.79 Å². The first-order valence-corrected chi connectivity index (χ1v) is 9.09. The van der Waals surface area contributed by atoms with Gasteiger partial charge in [-0.2, -0.15) is 0 Å². The average Bonchev–Trinajstić information content (AvgIpc) is 2.69. The SMILES string of the molecule is COc1ccc(/C=C/C(=O)OCC(=O)NCCSc2ccccc2)cc1. The molecule has 0 spiro atoms. The van der Waals surface area contributed by atoms with Gasteiger partial charge in [0, 0.05) is 23.3 Å². The second kappa shape index (κ2) is 11.0. The zero-order valence-electron chi connectivity index (χ0n) is 14.5. The molecule has 0 aliphatic rings. The van der Waals surface area contributed by atoms with Crippen molar-refractivity contribution in [3.8, 4) is 5.75 Å². The van der Waals surface area contributed by atoms with Crippen LogP contribution >= 0.6 is 11.8 Å². The summed E-state index contributed by atoms with van der Waals surface area (Å²) in [6, 6.07) is 17.2. The Morgan fingerprint density at radius 2 is 1.81 bits per heavy atom. The summed E-state index contributed by atoms with van der Waals surface area (Å²) in [7, 11) is 1.59. The first kappa shape index (κ1) is 19.6. The summed E-state index contributed by atoms with van der Waals surface area (Å²) in [6.45, 7) is 0.222. The third-order valence-corrected chi connectivity index (χ3v) is 4.32. The fourth-order valence-corrected chi connectivity index (χ4v) is 2.78. The Morgan fingerprint density at radius 3 is 2.50 bits per heavy atom. The van der Waals surface area contributed by atoms with Crippen molar-refractivity contribution >= 4 is 29.7 Å². The molecular weight excluding hydrogens is 350 g/mol. The molecule has 0 fully saturated rings. The van der Waals surface area contributed by atoms with Gasteiger partial charge >= 0.3 is 5.97 Å². The Kier molecular flexibility index (Phi) is 8.29. The molecule has 136 valence electrons. The number of thioether (sulfide) groups is 1. The summed E-state index contributed by atoms with van der Waals surface area (Å²) >= 11 is 1.65. The third kappa shape index (κ3) is 7.44. The van der Waals surface area contributed by atoms with Gasteiger partial charge in [0.05, 0.1) is 7.11 Å². The van der Waals surface area contributed by atoms with Crippen LogP contribution in [0.15, 0.2) is 65.6 Å². The minimum absolute atomic E-state index is 0.290. The van der Waals surface area contributed by atoms with Crippen molar-refractivity contribution in [3.05, 3.63) is 66.2 Å². The van der Waals surface area contributed by atoms with E-state index in [0.717, 1.165) is 22.0 Å². The van der Waals surface area contributed by atoms with Crippen molar-refractivity contribution in [2.24, 2.45) is 0 Å². The zero-order chi connectivity index (χ0) is 18.6. The first-order chi connectivity index (χ1) is 12.7. The van der Waals surface area contributed by atoms with Crippen LogP contribution in [0.3, 0.4) is 0 Å². The highest BCUT2D eigenvalue weighted by Gasteiger charge is 2.04. The standard InChI is InChI=1S/C20H21NO4S/c1-24-17-10-7-16(8-11-17)9-12-20(23)25-15-19(22)21-13-14-26-18-5-3-2-4-6-18/h2-12H,13-15H2,1H3,(H,21,22)/b12-9+. The number of methoxy groups -OCH3 is 1. The van der Waals surface area contributed by atoms with Gasteiger partial charge in [0.15, 0.2) is 6.61 Å². The summed E-state index contributed by atoms with van der Waals surface area (Å²) in [5, 5.41) is 2.72. The number of nitrogens with one attached hydrogen (secondary N) is 1. The summed E-state index contributed by atoms with van der Waals surface area (Å²) in [4.78, 5) is 24.5. The minimum atomic E-state index is -0.561. The van der Waals surface area contributed by atoms with Crippen LogP contribution < -0.4 is 10.1 Å². The van der Waals surface area contributed by atoms with E-state index in [1.54, 1.807) is 37.1 Å². The number of amides is 1. The van der Waals surface area contributed by atoms with E-state index in [1.165, 1.54) is 6.08 Å². The van der Waals surface area contributed by atoms with Crippen LogP contribution in [0.4, 0.5) is 0 Å². The number of rotatable bonds is 9. The van der Waals surface area contributed by atoms with Crippen molar-refractivity contribution in [2.75, 3.05) is 26.0 Å². The maximum absolute atomic E-state index is 11.7. The second-order valence-electron chi connectivity index (χ2n) is 5.23. The van der Waals surface area contributed by atoms with E-state index in [4.69, 9.17) is 9.47 Å². The van der Waals surface area contributed by atoms with Crippen LogP contribution in [-0.4, -0.2) is 37.9 Å². The quantitative estimate of drug-likeness (QED) is 0.317. The van der Waals surface area contributed by atoms with Crippen molar-refractivity contribution in [2.45, 2.75) is 4.90 Å². The lowest BCUT2D eigenvalue weighted by Gasteiger charge is -2.05. The number of esters is 1. The largest absolute Gasteiger partial charge is 0.497 e. The van der Waals surface area contributed by atoms with Crippen LogP contribution in [0, 0.1) is 0 Å². The molecule has 0 saturated heterocycles. The maximum Gasteiger partial charge on any atom is 0.331 e. The highest BCUT2D eigenvalue weighted by Crippen LogP contribution is 2.15. The molecule has 0 unspecified atom stereocenters. The Bertz CT molecular complexity index is 729. The fraction of sp³-hybridized carbons (Fsp3) is 0.200. The Balaban J connectivity index is 1.61. The highest BCUT2D eigenvalue weighted by atomic mass is 32.2. The molecule has 26 heavy (non-hydrogen) atoms. The molecule has 0 radical (unpaired) electrons. The van der Waals surface area contributed by atoms with Gasteiger partial charge < -0.3 is 14.8 Å². The topological polar surface area (TPSA) is 64.6 Å². The lowest BCUT2D eigenvalue weighted by atomic mass is 10.2. The van der Waals surface area contributed by atoms with Gasteiger partial charge in [-0.15, -0.1) is 11.8 Å². The van der Waals surface area contributed by atoms with Crippen LogP contribution in [0.25, 0.3) is 6.08 Å². The molecule has 0 heterocycles. The second-order valence-corrected chi connectivity index (χ2v) is 6.39. The Labute approximate surface area is 157 Å². The summed E-state index contributed by atoms with van der Waals surface area (Å²) in [5.74, 6) is 0.618. The van der Waals surface area contributed by atoms with Crippen molar-refractivity contribution in [1.29, 1.82) is 0 Å². The van der Waals surface area contributed by atoms with E-state index in [0.29, 0.717) is 6.54 Å². The number of ether oxygens (including phenoxy) is 2. The Hall–Kier alpha value is -2.73. The number of hydrogen-bond acceptors (Lipinski definition) is 5. The van der Waals surface area contributed by atoms with E-state index in [1.807, 2.05) is 42.5 Å². The number of hydrogen-bond donors (Lipinski definition) is 1. The fourth-order valence-electron chi connectivity index (χ4n) is 1.99. The molecule has 5 nitrogen and oxygen atoms in total. The minimum Gasteiger partial charge on any atom is -0.497 e. The molecule has 0 atom stereocenters. The molecular formula is C20H21NO4S. The predicted octanol–water partition coefficient (Wildman–Crippen LogP) is 3.16. The predicted molar refractivity (Wildman–Crippen MR) is 103 cm³/mol. The number of carbonyl (C=O) groups excluding carboxylic acids is 2. The van der Waals surface area contributed by atoms with Gasteiger partial charge in [-0.3, -0.25) is 4.79 Å². The molecule has 2 rings (SSSR count). The normalized spacial score (nSPS) is 10.5. The molecule has 0 aromatic heterocycles. The summed E-state index contributed by atoms with van der Waals surface area (Å²) in [5.41, 5.74) is 0.838. The molecule has 6 heteroatoms. The van der Waals surface area contributed by atoms with Crippen molar-refractivity contribution in [1.82, 2.24) is 5.32 Å². The van der Waals surface area contributed by atoms with Gasteiger partial charge in [-0.05, 0) is 35.9 Å². The van der Waals surface area contributed by atoms with E-state index in [-0.39, 0.29) is 12.5 Å². The van der Waals surface area contributed by atoms with Crippen LogP contribution in [0.2, 0.25) is 0 Å². The molecule has 0 aliphatic carbocycles. The van der Waals surface area contributed by atoms with E-state index < -0.39 is 5.97 Å². The molecule has 0 aliphatic heterocycles. The molecule has 2 aromatic rings. The van der Waals surface area contributed by atoms with Gasteiger partial charge in [0.25, 0.3) is 5.91 Å². The van der Waals surface area contributed by atoms with Crippen LogP contribution in [0.5, 0.6) is 5.75 Å². The maximum atomic E-state index is 11.7. The van der Waals surface area contributed by atoms with Gasteiger partial charge in [0.1, 0.15) is 5.75 Å². The van der Waals surface area contributed by atoms with E-state index >= 15 is 0 Å². The number of carbonyl (C=O) groups is 2. The van der Waals surface area contributed by atoms with Crippen LogP contribution in [-0.2, 0) is 14.3 Å². The van der Waals surface area contributed by atoms with Crippen molar-refractivity contribution < 1.29 is 19.1 Å².